The first kappa shape index (κ1) is 14.4. The van der Waals surface area contributed by atoms with Crippen LogP contribution in [0.25, 0.3) is 0 Å². The van der Waals surface area contributed by atoms with Gasteiger partial charge in [-0.05, 0) is 6.92 Å². The maximum atomic E-state index is 11.3. The van der Waals surface area contributed by atoms with E-state index < -0.39 is 6.10 Å². The molecule has 1 aromatic rings. The van der Waals surface area contributed by atoms with Gasteiger partial charge in [-0.3, -0.25) is 4.79 Å². The number of amides is 1. The van der Waals surface area contributed by atoms with Crippen LogP contribution in [0.5, 0.6) is 0 Å². The van der Waals surface area contributed by atoms with E-state index in [4.69, 9.17) is 10.2 Å². The number of aliphatic hydroxyl groups is 2. The molecule has 3 N–H and O–H groups in total. The van der Waals surface area contributed by atoms with Gasteiger partial charge in [0.15, 0.2) is 0 Å². The zero-order chi connectivity index (χ0) is 12.7. The highest BCUT2D eigenvalue weighted by molar-refractivity contribution is 7.99. The van der Waals surface area contributed by atoms with Crippen LogP contribution in [0.3, 0.4) is 0 Å². The zero-order valence-electron chi connectivity index (χ0n) is 9.55. The molecule has 0 aliphatic heterocycles. The molecule has 0 spiro atoms. The smallest absolute Gasteiger partial charge is 0.230 e. The summed E-state index contributed by atoms with van der Waals surface area (Å²) in [5.74, 6) is 0.893. The van der Waals surface area contributed by atoms with Gasteiger partial charge in [-0.1, -0.05) is 0 Å². The van der Waals surface area contributed by atoms with Gasteiger partial charge >= 0.3 is 0 Å². The number of nitrogens with zero attached hydrogens (tertiary/aromatic N) is 1. The highest BCUT2D eigenvalue weighted by Crippen LogP contribution is 2.14. The summed E-state index contributed by atoms with van der Waals surface area (Å²) >= 11 is 3.07. The maximum absolute atomic E-state index is 11.3. The van der Waals surface area contributed by atoms with Crippen molar-refractivity contribution < 1.29 is 15.0 Å². The van der Waals surface area contributed by atoms with Crippen LogP contribution in [0.4, 0.5) is 0 Å². The van der Waals surface area contributed by atoms with Crippen LogP contribution >= 0.6 is 23.1 Å². The molecule has 1 heterocycles. The summed E-state index contributed by atoms with van der Waals surface area (Å²) in [5, 5.41) is 23.1. The Kier molecular flexibility index (Phi) is 6.49. The number of aliphatic hydroxyl groups excluding tert-OH is 2. The molecule has 1 rings (SSSR count). The van der Waals surface area contributed by atoms with Crippen LogP contribution in [0, 0.1) is 6.92 Å². The minimum atomic E-state index is -0.884. The summed E-state index contributed by atoms with van der Waals surface area (Å²) in [5.41, 5.74) is 0.987. The van der Waals surface area contributed by atoms with E-state index in [2.05, 4.69) is 10.3 Å². The molecule has 7 heteroatoms. The fraction of sp³-hybridized carbons (Fsp3) is 0.600. The van der Waals surface area contributed by atoms with Crippen molar-refractivity contribution in [2.45, 2.75) is 18.8 Å². The Balaban J connectivity index is 2.12. The van der Waals surface area contributed by atoms with Crippen molar-refractivity contribution in [1.29, 1.82) is 0 Å². The third kappa shape index (κ3) is 6.02. The molecule has 1 atom stereocenters. The normalized spacial score (nSPS) is 12.4. The molecule has 96 valence electrons. The van der Waals surface area contributed by atoms with Crippen molar-refractivity contribution in [3.63, 3.8) is 0 Å². The first-order valence-electron chi connectivity index (χ1n) is 5.16. The van der Waals surface area contributed by atoms with Gasteiger partial charge in [0.25, 0.3) is 0 Å². The fourth-order valence-corrected chi connectivity index (χ4v) is 2.53. The Labute approximate surface area is 108 Å². The summed E-state index contributed by atoms with van der Waals surface area (Å²) in [6, 6.07) is 0. The number of rotatable bonds is 7. The van der Waals surface area contributed by atoms with E-state index in [-0.39, 0.29) is 19.1 Å². The Hall–Kier alpha value is -0.630. The van der Waals surface area contributed by atoms with Gasteiger partial charge in [0.2, 0.25) is 5.91 Å². The van der Waals surface area contributed by atoms with E-state index in [1.165, 1.54) is 11.8 Å². The number of aryl methyl sites for hydroxylation is 1. The average Bonchev–Trinajstić information content (AvgIpc) is 2.72. The average molecular weight is 276 g/mol. The molecular weight excluding hydrogens is 260 g/mol. The third-order valence-electron chi connectivity index (χ3n) is 1.90. The lowest BCUT2D eigenvalue weighted by Gasteiger charge is -2.08. The molecule has 0 saturated carbocycles. The SMILES string of the molecule is Cc1nc(CSCC(=O)NCC(O)CO)cs1. The lowest BCUT2D eigenvalue weighted by Crippen LogP contribution is -2.34. The van der Waals surface area contributed by atoms with Crippen LogP contribution < -0.4 is 5.32 Å². The van der Waals surface area contributed by atoms with Crippen molar-refractivity contribution in [2.75, 3.05) is 18.9 Å². The van der Waals surface area contributed by atoms with Gasteiger partial charge in [0.1, 0.15) is 0 Å². The minimum Gasteiger partial charge on any atom is -0.394 e. The van der Waals surface area contributed by atoms with Crippen LogP contribution in [0.2, 0.25) is 0 Å². The monoisotopic (exact) mass is 276 g/mol. The lowest BCUT2D eigenvalue weighted by atomic mass is 10.4. The van der Waals surface area contributed by atoms with Gasteiger partial charge in [0.05, 0.1) is 29.2 Å². The number of thioether (sulfide) groups is 1. The first-order valence-corrected chi connectivity index (χ1v) is 7.19. The number of thiazole rings is 1. The summed E-state index contributed by atoms with van der Waals surface area (Å²) in [4.78, 5) is 15.6. The zero-order valence-corrected chi connectivity index (χ0v) is 11.2. The number of carbonyl (C=O) groups excluding carboxylic acids is 1. The van der Waals surface area contributed by atoms with Crippen molar-refractivity contribution in [3.8, 4) is 0 Å². The Morgan fingerprint density at radius 1 is 1.71 bits per heavy atom. The Morgan fingerprint density at radius 3 is 3.06 bits per heavy atom. The predicted molar refractivity (Wildman–Crippen MR) is 69.1 cm³/mol. The van der Waals surface area contributed by atoms with E-state index in [0.717, 1.165) is 10.7 Å². The van der Waals surface area contributed by atoms with Crippen molar-refractivity contribution in [1.82, 2.24) is 10.3 Å². The molecule has 0 aromatic carbocycles. The second-order valence-corrected chi connectivity index (χ2v) is 5.54. The number of hydrogen-bond donors (Lipinski definition) is 3. The second kappa shape index (κ2) is 7.65. The molecule has 1 unspecified atom stereocenters. The van der Waals surface area contributed by atoms with Crippen LogP contribution in [0.15, 0.2) is 5.38 Å². The van der Waals surface area contributed by atoms with E-state index in [0.29, 0.717) is 11.5 Å². The molecule has 1 aromatic heterocycles. The first-order chi connectivity index (χ1) is 8.11. The molecule has 17 heavy (non-hydrogen) atoms. The van der Waals surface area contributed by atoms with Crippen molar-refractivity contribution in [3.05, 3.63) is 16.1 Å². The topological polar surface area (TPSA) is 82.5 Å². The summed E-state index contributed by atoms with van der Waals surface area (Å²) < 4.78 is 0. The van der Waals surface area contributed by atoms with Gasteiger partial charge in [-0.15, -0.1) is 23.1 Å². The van der Waals surface area contributed by atoms with Crippen LogP contribution in [-0.2, 0) is 10.5 Å². The third-order valence-corrected chi connectivity index (χ3v) is 3.68. The van der Waals surface area contributed by atoms with Crippen LogP contribution in [-0.4, -0.2) is 46.1 Å². The molecule has 0 aliphatic rings. The number of nitrogens with one attached hydrogen (secondary N) is 1. The van der Waals surface area contributed by atoms with Crippen molar-refractivity contribution >= 4 is 29.0 Å². The molecule has 0 fully saturated rings. The Bertz CT molecular complexity index is 357. The molecular formula is C10H16N2O3S2. The Morgan fingerprint density at radius 2 is 2.47 bits per heavy atom. The minimum absolute atomic E-state index is 0.0890. The largest absolute Gasteiger partial charge is 0.394 e. The van der Waals surface area contributed by atoms with Crippen molar-refractivity contribution in [2.24, 2.45) is 0 Å². The maximum Gasteiger partial charge on any atom is 0.230 e. The molecule has 0 saturated heterocycles. The fourth-order valence-electron chi connectivity index (χ4n) is 1.07. The molecule has 0 aliphatic carbocycles. The molecule has 5 nitrogen and oxygen atoms in total. The summed E-state index contributed by atoms with van der Waals surface area (Å²) in [6.07, 6.45) is -0.884. The number of carbonyl (C=O) groups is 1. The van der Waals surface area contributed by atoms with E-state index >= 15 is 0 Å². The predicted octanol–water partition coefficient (Wildman–Crippen LogP) is 0.154. The summed E-state index contributed by atoms with van der Waals surface area (Å²) in [7, 11) is 0. The standard InChI is InChI=1S/C10H16N2O3S2/c1-7-12-8(5-17-7)4-16-6-10(15)11-2-9(14)3-13/h5,9,13-14H,2-4,6H2,1H3,(H,11,15). The van der Waals surface area contributed by atoms with Gasteiger partial charge in [-0.2, -0.15) is 0 Å². The number of aromatic nitrogens is 1. The second-order valence-electron chi connectivity index (χ2n) is 3.49. The van der Waals surface area contributed by atoms with Gasteiger partial charge < -0.3 is 15.5 Å². The summed E-state index contributed by atoms with van der Waals surface area (Å²) in [6.45, 7) is 1.69. The molecule has 0 bridgehead atoms. The van der Waals surface area contributed by atoms with E-state index in [9.17, 15) is 4.79 Å². The quantitative estimate of drug-likeness (QED) is 0.660. The van der Waals surface area contributed by atoms with E-state index in [1.54, 1.807) is 11.3 Å². The highest BCUT2D eigenvalue weighted by atomic mass is 32.2. The molecule has 0 radical (unpaired) electrons. The van der Waals surface area contributed by atoms with Gasteiger partial charge in [-0.25, -0.2) is 4.98 Å². The van der Waals surface area contributed by atoms with Gasteiger partial charge in [0, 0.05) is 17.7 Å². The van der Waals surface area contributed by atoms with E-state index in [1.807, 2.05) is 12.3 Å². The van der Waals surface area contributed by atoms with Crippen LogP contribution in [0.1, 0.15) is 10.7 Å². The molecule has 1 amide bonds. The lowest BCUT2D eigenvalue weighted by molar-refractivity contribution is -0.119. The highest BCUT2D eigenvalue weighted by Gasteiger charge is 2.06. The number of hydrogen-bond acceptors (Lipinski definition) is 6.